The Balaban J connectivity index is 1.88. The summed E-state index contributed by atoms with van der Waals surface area (Å²) in [4.78, 5) is 8.58. The third kappa shape index (κ3) is 2.85. The first kappa shape index (κ1) is 13.5. The molecule has 0 bridgehead atoms. The van der Waals surface area contributed by atoms with Crippen molar-refractivity contribution in [1.82, 2.24) is 9.97 Å². The van der Waals surface area contributed by atoms with E-state index in [1.54, 1.807) is 18.5 Å². The molecule has 1 aromatic carbocycles. The normalized spacial score (nSPS) is 12.3. The number of hydrogen-bond donors (Lipinski definition) is 1. The number of benzene rings is 1. The van der Waals surface area contributed by atoms with E-state index in [2.05, 4.69) is 9.97 Å². The summed E-state index contributed by atoms with van der Waals surface area (Å²) in [6.07, 6.45) is 3.48. The molecule has 0 aliphatic carbocycles. The van der Waals surface area contributed by atoms with Crippen LogP contribution in [0, 0.1) is 0 Å². The van der Waals surface area contributed by atoms with E-state index in [9.17, 15) is 5.11 Å². The molecule has 2 heterocycles. The minimum Gasteiger partial charge on any atom is -0.453 e. The number of fused-ring (bicyclic) bond motifs is 1. The smallest absolute Gasteiger partial charge is 0.153 e. The number of pyridine rings is 2. The van der Waals surface area contributed by atoms with E-state index in [1.165, 1.54) is 0 Å². The zero-order valence-corrected chi connectivity index (χ0v) is 11.7. The van der Waals surface area contributed by atoms with Crippen LogP contribution < -0.4 is 4.74 Å². The van der Waals surface area contributed by atoms with Crippen molar-refractivity contribution in [1.29, 1.82) is 0 Å². The van der Waals surface area contributed by atoms with Gasteiger partial charge in [-0.3, -0.25) is 9.97 Å². The molecule has 21 heavy (non-hydrogen) atoms. The number of para-hydroxylation sites is 1. The Kier molecular flexibility index (Phi) is 3.79. The molecule has 0 amide bonds. The minimum atomic E-state index is -0.529. The maximum Gasteiger partial charge on any atom is 0.153 e. The largest absolute Gasteiger partial charge is 0.453 e. The second kappa shape index (κ2) is 5.89. The van der Waals surface area contributed by atoms with E-state index in [1.807, 2.05) is 43.3 Å². The molecule has 0 saturated heterocycles. The lowest BCUT2D eigenvalue weighted by molar-refractivity contribution is 0.169. The molecule has 1 atom stereocenters. The van der Waals surface area contributed by atoms with Gasteiger partial charge in [-0.1, -0.05) is 25.1 Å². The summed E-state index contributed by atoms with van der Waals surface area (Å²) in [6.45, 7) is 1.92. The topological polar surface area (TPSA) is 55.2 Å². The van der Waals surface area contributed by atoms with Gasteiger partial charge in [-0.2, -0.15) is 0 Å². The van der Waals surface area contributed by atoms with Crippen molar-refractivity contribution in [2.24, 2.45) is 0 Å². The van der Waals surface area contributed by atoms with Crippen molar-refractivity contribution in [2.45, 2.75) is 19.4 Å². The number of aromatic nitrogens is 2. The molecule has 106 valence electrons. The first-order valence-corrected chi connectivity index (χ1v) is 6.93. The fourth-order valence-electron chi connectivity index (χ4n) is 2.14. The molecule has 0 aliphatic rings. The summed E-state index contributed by atoms with van der Waals surface area (Å²) < 4.78 is 5.85. The predicted octanol–water partition coefficient (Wildman–Crippen LogP) is 3.87. The Labute approximate surface area is 123 Å². The van der Waals surface area contributed by atoms with Crippen LogP contribution in [0.1, 0.15) is 25.1 Å². The fraction of sp³-hybridized carbons (Fsp3) is 0.176. The summed E-state index contributed by atoms with van der Waals surface area (Å²) in [7, 11) is 0. The van der Waals surface area contributed by atoms with Gasteiger partial charge in [-0.05, 0) is 30.7 Å². The molecule has 3 aromatic rings. The molecular formula is C17H16N2O2. The van der Waals surface area contributed by atoms with Crippen LogP contribution in [-0.2, 0) is 0 Å². The van der Waals surface area contributed by atoms with Crippen molar-refractivity contribution in [3.8, 4) is 11.5 Å². The highest BCUT2D eigenvalue weighted by molar-refractivity contribution is 5.84. The number of ether oxygens (including phenoxy) is 1. The van der Waals surface area contributed by atoms with Crippen LogP contribution in [0.5, 0.6) is 11.5 Å². The van der Waals surface area contributed by atoms with Gasteiger partial charge < -0.3 is 9.84 Å². The van der Waals surface area contributed by atoms with E-state index >= 15 is 0 Å². The summed E-state index contributed by atoms with van der Waals surface area (Å²) in [5.41, 5.74) is 1.47. The molecule has 4 nitrogen and oxygen atoms in total. The van der Waals surface area contributed by atoms with Gasteiger partial charge in [0.05, 0.1) is 18.0 Å². The maximum absolute atomic E-state index is 9.74. The molecule has 0 spiro atoms. The van der Waals surface area contributed by atoms with E-state index in [0.29, 0.717) is 23.6 Å². The van der Waals surface area contributed by atoms with Crippen LogP contribution >= 0.6 is 0 Å². The van der Waals surface area contributed by atoms with E-state index in [0.717, 1.165) is 10.9 Å². The van der Waals surface area contributed by atoms with Gasteiger partial charge in [-0.15, -0.1) is 0 Å². The molecular weight excluding hydrogens is 264 g/mol. The van der Waals surface area contributed by atoms with Gasteiger partial charge >= 0.3 is 0 Å². The lowest BCUT2D eigenvalue weighted by atomic mass is 10.2. The first-order chi connectivity index (χ1) is 10.3. The van der Waals surface area contributed by atoms with Crippen molar-refractivity contribution in [3.05, 3.63) is 60.6 Å². The van der Waals surface area contributed by atoms with Gasteiger partial charge in [-0.25, -0.2) is 0 Å². The lowest BCUT2D eigenvalue weighted by Crippen LogP contribution is -1.98. The molecule has 0 saturated carbocycles. The highest BCUT2D eigenvalue weighted by Crippen LogP contribution is 2.28. The zero-order chi connectivity index (χ0) is 14.7. The Morgan fingerprint density at radius 2 is 1.95 bits per heavy atom. The molecule has 0 unspecified atom stereocenters. The molecule has 0 aliphatic heterocycles. The summed E-state index contributed by atoms with van der Waals surface area (Å²) >= 11 is 0. The molecule has 1 N–H and O–H groups in total. The summed E-state index contributed by atoms with van der Waals surface area (Å²) in [5.74, 6) is 1.32. The molecule has 2 aromatic heterocycles. The molecule has 3 rings (SSSR count). The third-order valence-electron chi connectivity index (χ3n) is 3.31. The standard InChI is InChI=1S/C17H16N2O2/c1-2-15(20)14-9-8-13(11-19-14)21-16-7-3-5-12-6-4-10-18-17(12)16/h3-11,15,20H,2H2,1H3/t15-/m0/s1. The maximum atomic E-state index is 9.74. The third-order valence-corrected chi connectivity index (χ3v) is 3.31. The molecule has 4 heteroatoms. The zero-order valence-electron chi connectivity index (χ0n) is 11.7. The van der Waals surface area contributed by atoms with Gasteiger partial charge in [0.25, 0.3) is 0 Å². The quantitative estimate of drug-likeness (QED) is 0.788. The van der Waals surface area contributed by atoms with Gasteiger partial charge in [0.15, 0.2) is 5.75 Å². The average Bonchev–Trinajstić information content (AvgIpc) is 2.55. The van der Waals surface area contributed by atoms with Gasteiger partial charge in [0, 0.05) is 11.6 Å². The highest BCUT2D eigenvalue weighted by Gasteiger charge is 2.08. The SMILES string of the molecule is CC[C@H](O)c1ccc(Oc2cccc3cccnc23)cn1. The number of aliphatic hydroxyl groups is 1. The minimum absolute atomic E-state index is 0.529. The van der Waals surface area contributed by atoms with Crippen molar-refractivity contribution in [3.63, 3.8) is 0 Å². The van der Waals surface area contributed by atoms with Crippen molar-refractivity contribution < 1.29 is 9.84 Å². The van der Waals surface area contributed by atoms with E-state index < -0.39 is 6.10 Å². The van der Waals surface area contributed by atoms with E-state index in [-0.39, 0.29) is 0 Å². The Morgan fingerprint density at radius 1 is 1.10 bits per heavy atom. The number of rotatable bonds is 4. The predicted molar refractivity (Wildman–Crippen MR) is 81.3 cm³/mol. The number of hydrogen-bond acceptors (Lipinski definition) is 4. The fourth-order valence-corrected chi connectivity index (χ4v) is 2.14. The van der Waals surface area contributed by atoms with E-state index in [4.69, 9.17) is 4.74 Å². The molecule has 0 radical (unpaired) electrons. The Morgan fingerprint density at radius 3 is 2.71 bits per heavy atom. The average molecular weight is 280 g/mol. The van der Waals surface area contributed by atoms with Crippen LogP contribution in [0.2, 0.25) is 0 Å². The number of aliphatic hydroxyl groups excluding tert-OH is 1. The second-order valence-electron chi connectivity index (χ2n) is 4.78. The van der Waals surface area contributed by atoms with Crippen LogP contribution in [0.25, 0.3) is 10.9 Å². The molecule has 0 fully saturated rings. The van der Waals surface area contributed by atoms with Crippen LogP contribution in [0.3, 0.4) is 0 Å². The van der Waals surface area contributed by atoms with Gasteiger partial charge in [0.1, 0.15) is 11.3 Å². The Bertz CT molecular complexity index is 736. The van der Waals surface area contributed by atoms with Crippen molar-refractivity contribution >= 4 is 10.9 Å². The van der Waals surface area contributed by atoms with Crippen LogP contribution in [0.15, 0.2) is 54.9 Å². The first-order valence-electron chi connectivity index (χ1n) is 6.93. The number of nitrogens with zero attached hydrogens (tertiary/aromatic N) is 2. The Hall–Kier alpha value is -2.46. The highest BCUT2D eigenvalue weighted by atomic mass is 16.5. The van der Waals surface area contributed by atoms with Crippen molar-refractivity contribution in [2.75, 3.05) is 0 Å². The van der Waals surface area contributed by atoms with Gasteiger partial charge in [0.2, 0.25) is 0 Å². The van der Waals surface area contributed by atoms with Crippen LogP contribution in [-0.4, -0.2) is 15.1 Å². The monoisotopic (exact) mass is 280 g/mol. The lowest BCUT2D eigenvalue weighted by Gasteiger charge is -2.10. The summed E-state index contributed by atoms with van der Waals surface area (Å²) in [5, 5.41) is 10.8. The van der Waals surface area contributed by atoms with Crippen LogP contribution in [0.4, 0.5) is 0 Å². The summed E-state index contributed by atoms with van der Waals surface area (Å²) in [6, 6.07) is 13.3. The second-order valence-corrected chi connectivity index (χ2v) is 4.78.